The van der Waals surface area contributed by atoms with Gasteiger partial charge in [0.15, 0.2) is 0 Å². The fraction of sp³-hybridized carbons (Fsp3) is 0. The molecule has 0 aliphatic rings. The number of carboxylic acid groups (broad SMARTS) is 1. The number of benzene rings is 1. The summed E-state index contributed by atoms with van der Waals surface area (Å²) in [5, 5.41) is 17.2. The smallest absolute Gasteiger partial charge is 0.373 e. The molecule has 92 valence electrons. The number of rotatable bonds is 3. The summed E-state index contributed by atoms with van der Waals surface area (Å²) in [6, 6.07) is 6.19. The average molecular weight is 267 g/mol. The van der Waals surface area contributed by atoms with Gasteiger partial charge in [0.25, 0.3) is 5.91 Å². The van der Waals surface area contributed by atoms with E-state index in [-0.39, 0.29) is 11.8 Å². The summed E-state index contributed by atoms with van der Waals surface area (Å²) in [7, 11) is 0. The molecule has 2 aromatic rings. The molecular formula is C10H7ClN4O3. The van der Waals surface area contributed by atoms with Crippen molar-refractivity contribution in [1.29, 1.82) is 0 Å². The number of halogens is 1. The number of carbonyl (C=O) groups is 2. The van der Waals surface area contributed by atoms with E-state index in [4.69, 9.17) is 16.7 Å². The van der Waals surface area contributed by atoms with Crippen LogP contribution in [-0.4, -0.2) is 32.2 Å². The highest BCUT2D eigenvalue weighted by Gasteiger charge is 2.12. The lowest BCUT2D eigenvalue weighted by Gasteiger charge is -2.00. The third-order valence-electron chi connectivity index (χ3n) is 2.02. The van der Waals surface area contributed by atoms with E-state index < -0.39 is 11.9 Å². The van der Waals surface area contributed by atoms with Crippen molar-refractivity contribution in [1.82, 2.24) is 15.2 Å². The third-order valence-corrected chi connectivity index (χ3v) is 2.27. The molecule has 1 amide bonds. The molecule has 8 heteroatoms. The maximum absolute atomic E-state index is 11.7. The normalized spacial score (nSPS) is 10.1. The number of nitrogens with zero attached hydrogens (tertiary/aromatic N) is 2. The van der Waals surface area contributed by atoms with E-state index >= 15 is 0 Å². The van der Waals surface area contributed by atoms with Crippen LogP contribution in [0, 0.1) is 0 Å². The van der Waals surface area contributed by atoms with Crippen molar-refractivity contribution in [2.45, 2.75) is 0 Å². The molecule has 0 aliphatic carbocycles. The van der Waals surface area contributed by atoms with E-state index in [1.54, 1.807) is 12.1 Å². The third kappa shape index (κ3) is 2.64. The topological polar surface area (TPSA) is 108 Å². The molecule has 7 nitrogen and oxygen atoms in total. The molecule has 3 N–H and O–H groups in total. The number of hydrogen-bond acceptors (Lipinski definition) is 4. The van der Waals surface area contributed by atoms with Crippen molar-refractivity contribution in [2.75, 3.05) is 5.32 Å². The van der Waals surface area contributed by atoms with E-state index in [1.807, 2.05) is 0 Å². The van der Waals surface area contributed by atoms with E-state index in [0.717, 1.165) is 0 Å². The lowest BCUT2D eigenvalue weighted by molar-refractivity contribution is 0.0683. The fourth-order valence-corrected chi connectivity index (χ4v) is 1.31. The van der Waals surface area contributed by atoms with Gasteiger partial charge in [-0.05, 0) is 24.3 Å². The van der Waals surface area contributed by atoms with Crippen LogP contribution in [0.25, 0.3) is 0 Å². The molecule has 0 atom stereocenters. The van der Waals surface area contributed by atoms with Gasteiger partial charge in [0.2, 0.25) is 11.8 Å². The first-order valence-corrected chi connectivity index (χ1v) is 5.16. The average Bonchev–Trinajstić information content (AvgIpc) is 2.78. The predicted octanol–water partition coefficient (Wildman–Crippen LogP) is 1.41. The van der Waals surface area contributed by atoms with E-state index in [0.29, 0.717) is 10.6 Å². The Bertz CT molecular complexity index is 593. The van der Waals surface area contributed by atoms with Gasteiger partial charge in [0, 0.05) is 10.6 Å². The molecule has 1 aromatic heterocycles. The number of hydrogen-bond donors (Lipinski definition) is 3. The second kappa shape index (κ2) is 4.84. The standard InChI is InChI=1S/C10H7ClN4O3/c11-6-3-1-5(2-4-6)8(16)13-10-12-7(9(17)18)14-15-10/h1-4H,(H,17,18)(H2,12,13,14,15,16). The summed E-state index contributed by atoms with van der Waals surface area (Å²) >= 11 is 5.69. The Labute approximate surface area is 106 Å². The first-order valence-electron chi connectivity index (χ1n) is 4.79. The monoisotopic (exact) mass is 266 g/mol. The minimum Gasteiger partial charge on any atom is -0.475 e. The molecule has 1 aromatic carbocycles. The number of aromatic carboxylic acids is 1. The quantitative estimate of drug-likeness (QED) is 0.778. The highest BCUT2D eigenvalue weighted by molar-refractivity contribution is 6.30. The van der Waals surface area contributed by atoms with Crippen molar-refractivity contribution < 1.29 is 14.7 Å². The lowest BCUT2D eigenvalue weighted by atomic mass is 10.2. The molecule has 2 rings (SSSR count). The van der Waals surface area contributed by atoms with Crippen molar-refractivity contribution in [3.63, 3.8) is 0 Å². The Balaban J connectivity index is 2.11. The SMILES string of the molecule is O=C(Nc1n[nH]c(C(=O)O)n1)c1ccc(Cl)cc1. The maximum Gasteiger partial charge on any atom is 0.373 e. The number of amides is 1. The highest BCUT2D eigenvalue weighted by atomic mass is 35.5. The molecule has 0 saturated heterocycles. The second-order valence-electron chi connectivity index (χ2n) is 3.27. The van der Waals surface area contributed by atoms with Crippen LogP contribution in [0.1, 0.15) is 21.0 Å². The van der Waals surface area contributed by atoms with Crippen LogP contribution >= 0.6 is 11.6 Å². The Morgan fingerprint density at radius 3 is 2.50 bits per heavy atom. The first-order chi connectivity index (χ1) is 8.56. The van der Waals surface area contributed by atoms with Gasteiger partial charge in [-0.2, -0.15) is 4.98 Å². The summed E-state index contributed by atoms with van der Waals surface area (Å²) in [4.78, 5) is 25.8. The van der Waals surface area contributed by atoms with Crippen molar-refractivity contribution in [2.24, 2.45) is 0 Å². The Morgan fingerprint density at radius 2 is 1.94 bits per heavy atom. The zero-order valence-electron chi connectivity index (χ0n) is 8.85. The van der Waals surface area contributed by atoms with Crippen LogP contribution in [0.15, 0.2) is 24.3 Å². The van der Waals surface area contributed by atoms with Crippen LogP contribution in [0.3, 0.4) is 0 Å². The molecule has 0 fully saturated rings. The number of carboxylic acids is 1. The van der Waals surface area contributed by atoms with Crippen LogP contribution in [0.5, 0.6) is 0 Å². The summed E-state index contributed by atoms with van der Waals surface area (Å²) in [6.45, 7) is 0. The fourth-order valence-electron chi connectivity index (χ4n) is 1.19. The maximum atomic E-state index is 11.7. The van der Waals surface area contributed by atoms with Crippen LogP contribution in [0.4, 0.5) is 5.95 Å². The zero-order valence-corrected chi connectivity index (χ0v) is 9.60. The minimum atomic E-state index is -1.26. The summed E-state index contributed by atoms with van der Waals surface area (Å²) < 4.78 is 0. The number of carbonyl (C=O) groups excluding carboxylic acids is 1. The zero-order chi connectivity index (χ0) is 13.1. The molecule has 0 spiro atoms. The van der Waals surface area contributed by atoms with Gasteiger partial charge in [-0.25, -0.2) is 4.79 Å². The molecule has 18 heavy (non-hydrogen) atoms. The van der Waals surface area contributed by atoms with Crippen LogP contribution in [-0.2, 0) is 0 Å². The molecular weight excluding hydrogens is 260 g/mol. The molecule has 0 aliphatic heterocycles. The second-order valence-corrected chi connectivity index (χ2v) is 3.71. The Morgan fingerprint density at radius 1 is 1.28 bits per heavy atom. The van der Waals surface area contributed by atoms with Gasteiger partial charge >= 0.3 is 5.97 Å². The van der Waals surface area contributed by atoms with E-state index in [9.17, 15) is 9.59 Å². The molecule has 0 bridgehead atoms. The first kappa shape index (κ1) is 12.1. The molecule has 0 saturated carbocycles. The number of anilines is 1. The highest BCUT2D eigenvalue weighted by Crippen LogP contribution is 2.10. The van der Waals surface area contributed by atoms with Gasteiger partial charge in [-0.15, -0.1) is 5.10 Å². The van der Waals surface area contributed by atoms with E-state index in [2.05, 4.69) is 20.5 Å². The Kier molecular flexibility index (Phi) is 3.24. The Hall–Kier alpha value is -2.41. The number of nitrogens with one attached hydrogen (secondary N) is 2. The van der Waals surface area contributed by atoms with Crippen molar-refractivity contribution in [3.8, 4) is 0 Å². The van der Waals surface area contributed by atoms with Crippen molar-refractivity contribution in [3.05, 3.63) is 40.7 Å². The van der Waals surface area contributed by atoms with Gasteiger partial charge in [0.05, 0.1) is 0 Å². The summed E-state index contributed by atoms with van der Waals surface area (Å²) in [5.74, 6) is -2.16. The predicted molar refractivity (Wildman–Crippen MR) is 62.7 cm³/mol. The van der Waals surface area contributed by atoms with Gasteiger partial charge < -0.3 is 5.11 Å². The van der Waals surface area contributed by atoms with E-state index in [1.165, 1.54) is 12.1 Å². The lowest BCUT2D eigenvalue weighted by Crippen LogP contribution is -2.13. The molecule has 0 unspecified atom stereocenters. The summed E-state index contributed by atoms with van der Waals surface area (Å²) in [6.07, 6.45) is 0. The summed E-state index contributed by atoms with van der Waals surface area (Å²) in [5.41, 5.74) is 0.362. The van der Waals surface area contributed by atoms with Crippen molar-refractivity contribution >= 4 is 29.4 Å². The number of aromatic amines is 1. The van der Waals surface area contributed by atoms with Crippen LogP contribution < -0.4 is 5.32 Å². The van der Waals surface area contributed by atoms with Gasteiger partial charge in [0.1, 0.15) is 0 Å². The number of H-pyrrole nitrogens is 1. The molecule has 1 heterocycles. The largest absolute Gasteiger partial charge is 0.475 e. The molecule has 0 radical (unpaired) electrons. The van der Waals surface area contributed by atoms with Gasteiger partial charge in [-0.1, -0.05) is 11.6 Å². The van der Waals surface area contributed by atoms with Crippen LogP contribution in [0.2, 0.25) is 5.02 Å². The van der Waals surface area contributed by atoms with Gasteiger partial charge in [-0.3, -0.25) is 15.2 Å². The minimum absolute atomic E-state index is 0.104. The number of aromatic nitrogens is 3.